The molecule has 0 bridgehead atoms. The predicted octanol–water partition coefficient (Wildman–Crippen LogP) is 5.80. The summed E-state index contributed by atoms with van der Waals surface area (Å²) in [4.78, 5) is 14.2. The molecule has 2 N–H and O–H groups in total. The van der Waals surface area contributed by atoms with Crippen LogP contribution in [0.5, 0.6) is 0 Å². The van der Waals surface area contributed by atoms with E-state index in [0.717, 1.165) is 29.7 Å². The highest BCUT2D eigenvalue weighted by molar-refractivity contribution is 5.76. The van der Waals surface area contributed by atoms with Crippen LogP contribution in [-0.4, -0.2) is 34.1 Å². The number of aromatic nitrogens is 2. The molecule has 2 aromatic heterocycles. The molecule has 1 amide bonds. The van der Waals surface area contributed by atoms with Gasteiger partial charge in [0.1, 0.15) is 5.54 Å². The first kappa shape index (κ1) is 25.8. The van der Waals surface area contributed by atoms with Gasteiger partial charge in [-0.2, -0.15) is 18.4 Å². The Bertz CT molecular complexity index is 1270. The van der Waals surface area contributed by atoms with Gasteiger partial charge in [0.2, 0.25) is 6.41 Å². The Morgan fingerprint density at radius 2 is 1.97 bits per heavy atom. The van der Waals surface area contributed by atoms with E-state index in [0.29, 0.717) is 17.7 Å². The SMILES string of the molecule is C/C=C/c1cc(NCCC(F)(F)F)c2ncc(-c3ccc(C)c(C)c3)n2c1.N#CC1(NC=O)CC1. The van der Waals surface area contributed by atoms with Gasteiger partial charge in [0, 0.05) is 18.3 Å². The number of alkyl halides is 3. The smallest absolute Gasteiger partial charge is 0.382 e. The predicted molar refractivity (Wildman–Crippen MR) is 131 cm³/mol. The van der Waals surface area contributed by atoms with Crippen molar-refractivity contribution in [1.82, 2.24) is 14.7 Å². The third-order valence-electron chi connectivity index (χ3n) is 5.81. The summed E-state index contributed by atoms with van der Waals surface area (Å²) in [5, 5.41) is 13.6. The number of allylic oxidation sites excluding steroid dienone is 1. The van der Waals surface area contributed by atoms with E-state index >= 15 is 0 Å². The molecule has 0 atom stereocenters. The van der Waals surface area contributed by atoms with E-state index in [2.05, 4.69) is 41.6 Å². The largest absolute Gasteiger partial charge is 0.390 e. The Balaban J connectivity index is 0.000000363. The van der Waals surface area contributed by atoms with Gasteiger partial charge in [-0.1, -0.05) is 24.3 Å². The summed E-state index contributed by atoms with van der Waals surface area (Å²) in [5.41, 5.74) is 5.92. The monoisotopic (exact) mass is 483 g/mol. The van der Waals surface area contributed by atoms with Crippen molar-refractivity contribution in [2.45, 2.75) is 51.7 Å². The minimum atomic E-state index is -4.19. The van der Waals surface area contributed by atoms with Crippen molar-refractivity contribution in [2.75, 3.05) is 11.9 Å². The number of carbonyl (C=O) groups is 1. The molecule has 0 saturated heterocycles. The van der Waals surface area contributed by atoms with Gasteiger partial charge >= 0.3 is 6.18 Å². The number of halogens is 3. The number of nitrogens with zero attached hydrogens (tertiary/aromatic N) is 3. The molecular weight excluding hydrogens is 455 g/mol. The van der Waals surface area contributed by atoms with Crippen LogP contribution in [-0.2, 0) is 4.79 Å². The van der Waals surface area contributed by atoms with Gasteiger partial charge in [0.05, 0.1) is 30.1 Å². The maximum Gasteiger partial charge on any atom is 0.390 e. The molecule has 1 saturated carbocycles. The van der Waals surface area contributed by atoms with Crippen LogP contribution in [0.4, 0.5) is 18.9 Å². The lowest BCUT2D eigenvalue weighted by molar-refractivity contribution is -0.131. The Morgan fingerprint density at radius 3 is 2.51 bits per heavy atom. The highest BCUT2D eigenvalue weighted by Crippen LogP contribution is 2.33. The van der Waals surface area contributed by atoms with E-state index in [1.54, 1.807) is 6.20 Å². The lowest BCUT2D eigenvalue weighted by atomic mass is 10.0. The molecule has 0 aliphatic heterocycles. The van der Waals surface area contributed by atoms with Gasteiger partial charge in [-0.3, -0.25) is 9.20 Å². The molecule has 4 rings (SSSR count). The van der Waals surface area contributed by atoms with Crippen LogP contribution >= 0.6 is 0 Å². The summed E-state index contributed by atoms with van der Waals surface area (Å²) in [6, 6.07) is 10.0. The molecule has 1 aliphatic carbocycles. The maximum absolute atomic E-state index is 12.5. The molecule has 1 aromatic carbocycles. The molecule has 1 fully saturated rings. The van der Waals surface area contributed by atoms with Gasteiger partial charge in [-0.15, -0.1) is 0 Å². The molecule has 6 nitrogen and oxygen atoms in total. The van der Waals surface area contributed by atoms with Crippen LogP contribution in [0.1, 0.15) is 42.9 Å². The van der Waals surface area contributed by atoms with Crippen LogP contribution < -0.4 is 10.6 Å². The van der Waals surface area contributed by atoms with Crippen molar-refractivity contribution in [3.05, 3.63) is 59.4 Å². The normalized spacial score (nSPS) is 14.2. The van der Waals surface area contributed by atoms with Crippen molar-refractivity contribution < 1.29 is 18.0 Å². The molecule has 0 spiro atoms. The van der Waals surface area contributed by atoms with Crippen molar-refractivity contribution in [3.8, 4) is 17.3 Å². The summed E-state index contributed by atoms with van der Waals surface area (Å²) in [7, 11) is 0. The lowest BCUT2D eigenvalue weighted by Crippen LogP contribution is -2.27. The number of nitriles is 1. The molecule has 184 valence electrons. The number of amides is 1. The number of imidazole rings is 1. The first-order valence-electron chi connectivity index (χ1n) is 11.3. The van der Waals surface area contributed by atoms with Crippen LogP contribution in [0.25, 0.3) is 23.0 Å². The van der Waals surface area contributed by atoms with Crippen molar-refractivity contribution >= 4 is 23.8 Å². The Kier molecular flexibility index (Phi) is 7.85. The number of carbonyl (C=O) groups excluding carboxylic acids is 1. The van der Waals surface area contributed by atoms with Crippen molar-refractivity contribution in [3.63, 3.8) is 0 Å². The first-order valence-corrected chi connectivity index (χ1v) is 11.3. The zero-order chi connectivity index (χ0) is 25.6. The molecule has 3 aromatic rings. The van der Waals surface area contributed by atoms with Crippen LogP contribution in [0, 0.1) is 25.2 Å². The van der Waals surface area contributed by atoms with Crippen LogP contribution in [0.2, 0.25) is 0 Å². The summed E-state index contributed by atoms with van der Waals surface area (Å²) >= 11 is 0. The molecule has 2 heterocycles. The summed E-state index contributed by atoms with van der Waals surface area (Å²) in [6.45, 7) is 5.82. The molecule has 1 aliphatic rings. The number of hydrogen-bond donors (Lipinski definition) is 2. The summed E-state index contributed by atoms with van der Waals surface area (Å²) in [5.74, 6) is 0. The van der Waals surface area contributed by atoms with Gasteiger partial charge in [-0.25, -0.2) is 4.98 Å². The number of fused-ring (bicyclic) bond motifs is 1. The minimum Gasteiger partial charge on any atom is -0.382 e. The molecule has 0 radical (unpaired) electrons. The van der Waals surface area contributed by atoms with E-state index in [4.69, 9.17) is 5.26 Å². The van der Waals surface area contributed by atoms with Gasteiger partial charge in [0.25, 0.3) is 0 Å². The number of benzene rings is 1. The second kappa shape index (κ2) is 10.6. The first-order chi connectivity index (χ1) is 16.6. The maximum atomic E-state index is 12.5. The number of pyridine rings is 1. The van der Waals surface area contributed by atoms with E-state index in [1.165, 1.54) is 11.1 Å². The minimum absolute atomic E-state index is 0.190. The number of rotatable bonds is 7. The fraction of sp³-hybridized carbons (Fsp3) is 0.346. The summed E-state index contributed by atoms with van der Waals surface area (Å²) < 4.78 is 39.4. The number of nitrogens with one attached hydrogen (secondary N) is 2. The van der Waals surface area contributed by atoms with E-state index < -0.39 is 18.1 Å². The third kappa shape index (κ3) is 6.63. The molecular formula is C26H28F3N5O. The number of aryl methyl sites for hydroxylation is 2. The highest BCUT2D eigenvalue weighted by Gasteiger charge is 2.42. The average molecular weight is 484 g/mol. The van der Waals surface area contributed by atoms with E-state index in [-0.39, 0.29) is 6.54 Å². The standard InChI is InChI=1S/C21H22F3N3.C5H6N2O/c1-4-5-16-11-18(25-9-8-21(22,23)24)20-26-12-19(27(20)13-16)17-7-6-14(2)15(3)10-17;6-3-5(1-2-5)7-4-8/h4-7,10-13,25H,8-9H2,1-3H3;4H,1-2H2,(H,7,8)/b5-4+;. The third-order valence-corrected chi connectivity index (χ3v) is 5.81. The van der Waals surface area contributed by atoms with E-state index in [1.807, 2.05) is 47.9 Å². The zero-order valence-electron chi connectivity index (χ0n) is 19.9. The quantitative estimate of drug-likeness (QED) is 0.416. The van der Waals surface area contributed by atoms with Gasteiger partial charge < -0.3 is 10.6 Å². The lowest BCUT2D eigenvalue weighted by Gasteiger charge is -2.12. The van der Waals surface area contributed by atoms with Gasteiger partial charge in [0.15, 0.2) is 5.65 Å². The fourth-order valence-electron chi connectivity index (χ4n) is 3.50. The van der Waals surface area contributed by atoms with Crippen LogP contribution in [0.3, 0.4) is 0 Å². The second-order valence-electron chi connectivity index (χ2n) is 8.57. The van der Waals surface area contributed by atoms with Crippen molar-refractivity contribution in [1.29, 1.82) is 5.26 Å². The van der Waals surface area contributed by atoms with E-state index in [9.17, 15) is 18.0 Å². The Labute approximate surface area is 202 Å². The zero-order valence-corrected chi connectivity index (χ0v) is 19.9. The number of hydrogen-bond acceptors (Lipinski definition) is 4. The second-order valence-corrected chi connectivity index (χ2v) is 8.57. The Morgan fingerprint density at radius 1 is 1.23 bits per heavy atom. The highest BCUT2D eigenvalue weighted by atomic mass is 19.4. The number of anilines is 1. The average Bonchev–Trinajstić information content (AvgIpc) is 3.45. The summed E-state index contributed by atoms with van der Waals surface area (Å²) in [6.07, 6.45) is 4.63. The van der Waals surface area contributed by atoms with Crippen LogP contribution in [0.15, 0.2) is 42.7 Å². The topological polar surface area (TPSA) is 82.2 Å². The molecule has 35 heavy (non-hydrogen) atoms. The Hall–Kier alpha value is -3.80. The molecule has 0 unspecified atom stereocenters. The van der Waals surface area contributed by atoms with Gasteiger partial charge in [-0.05, 0) is 62.4 Å². The van der Waals surface area contributed by atoms with Crippen molar-refractivity contribution in [2.24, 2.45) is 0 Å². The molecule has 9 heteroatoms. The fourth-order valence-corrected chi connectivity index (χ4v) is 3.50.